The Bertz CT molecular complexity index is 637. The van der Waals surface area contributed by atoms with Gasteiger partial charge in [0.2, 0.25) is 10.0 Å². The van der Waals surface area contributed by atoms with Crippen LogP contribution in [0.5, 0.6) is 0 Å². The quantitative estimate of drug-likeness (QED) is 0.808. The average Bonchev–Trinajstić information content (AvgIpc) is 2.63. The fourth-order valence-electron chi connectivity index (χ4n) is 2.25. The molecule has 1 aromatic heterocycles. The SMILES string of the molecule is Cc1nn(C)c(C)c1S(=O)(=O)N1CCOC(C(=O)O)C1. The van der Waals surface area contributed by atoms with Gasteiger partial charge < -0.3 is 9.84 Å². The molecule has 1 atom stereocenters. The predicted octanol–water partition coefficient (Wildman–Crippen LogP) is -0.489. The van der Waals surface area contributed by atoms with Crippen LogP contribution >= 0.6 is 0 Å². The van der Waals surface area contributed by atoms with Crippen molar-refractivity contribution in [1.82, 2.24) is 14.1 Å². The Labute approximate surface area is 117 Å². The molecule has 9 heteroatoms. The van der Waals surface area contributed by atoms with Crippen molar-refractivity contribution < 1.29 is 23.1 Å². The lowest BCUT2D eigenvalue weighted by atomic mass is 10.3. The maximum atomic E-state index is 12.6. The number of aliphatic carboxylic acids is 1. The number of hydrogen-bond donors (Lipinski definition) is 1. The Morgan fingerprint density at radius 1 is 1.45 bits per heavy atom. The molecule has 0 amide bonds. The predicted molar refractivity (Wildman–Crippen MR) is 68.8 cm³/mol. The summed E-state index contributed by atoms with van der Waals surface area (Å²) in [5, 5.41) is 13.0. The van der Waals surface area contributed by atoms with Crippen molar-refractivity contribution in [3.8, 4) is 0 Å². The molecule has 20 heavy (non-hydrogen) atoms. The minimum absolute atomic E-state index is 0.0640. The lowest BCUT2D eigenvalue weighted by Gasteiger charge is -2.30. The summed E-state index contributed by atoms with van der Waals surface area (Å²) >= 11 is 0. The summed E-state index contributed by atoms with van der Waals surface area (Å²) in [6.45, 7) is 3.30. The van der Waals surface area contributed by atoms with E-state index in [0.29, 0.717) is 11.4 Å². The number of ether oxygens (including phenoxy) is 1. The summed E-state index contributed by atoms with van der Waals surface area (Å²) in [5.41, 5.74) is 0.934. The molecule has 0 saturated carbocycles. The third-order valence-electron chi connectivity index (χ3n) is 3.35. The van der Waals surface area contributed by atoms with Crippen LogP contribution < -0.4 is 0 Å². The van der Waals surface area contributed by atoms with E-state index in [2.05, 4.69) is 5.10 Å². The summed E-state index contributed by atoms with van der Waals surface area (Å²) < 4.78 is 33.0. The molecule has 0 spiro atoms. The van der Waals surface area contributed by atoms with Crippen LogP contribution in [-0.2, 0) is 26.6 Å². The molecule has 1 unspecified atom stereocenters. The molecule has 2 rings (SSSR count). The van der Waals surface area contributed by atoms with Gasteiger partial charge in [-0.25, -0.2) is 13.2 Å². The molecule has 1 aliphatic rings. The summed E-state index contributed by atoms with van der Waals surface area (Å²) in [5.74, 6) is -1.16. The maximum absolute atomic E-state index is 12.6. The van der Waals surface area contributed by atoms with Gasteiger partial charge in [0.05, 0.1) is 24.5 Å². The number of carbonyl (C=O) groups is 1. The van der Waals surface area contributed by atoms with Crippen LogP contribution in [0, 0.1) is 13.8 Å². The van der Waals surface area contributed by atoms with Gasteiger partial charge in [0.15, 0.2) is 6.10 Å². The number of hydrogen-bond acceptors (Lipinski definition) is 5. The van der Waals surface area contributed by atoms with Gasteiger partial charge in [-0.05, 0) is 13.8 Å². The Kier molecular flexibility index (Phi) is 3.85. The zero-order valence-electron chi connectivity index (χ0n) is 11.5. The molecular formula is C11H17N3O5S. The van der Waals surface area contributed by atoms with E-state index in [-0.39, 0.29) is 24.6 Å². The Balaban J connectivity index is 2.37. The average molecular weight is 303 g/mol. The molecule has 8 nitrogen and oxygen atoms in total. The molecule has 1 aromatic rings. The third-order valence-corrected chi connectivity index (χ3v) is 5.46. The molecule has 1 aliphatic heterocycles. The molecule has 0 aromatic carbocycles. The Morgan fingerprint density at radius 3 is 2.60 bits per heavy atom. The van der Waals surface area contributed by atoms with E-state index in [1.807, 2.05) is 0 Å². The van der Waals surface area contributed by atoms with Crippen molar-refractivity contribution in [1.29, 1.82) is 0 Å². The van der Waals surface area contributed by atoms with E-state index in [1.165, 1.54) is 4.68 Å². The first-order chi connectivity index (χ1) is 9.25. The minimum atomic E-state index is -3.76. The number of morpholine rings is 1. The van der Waals surface area contributed by atoms with E-state index < -0.39 is 22.1 Å². The molecule has 0 bridgehead atoms. The fraction of sp³-hybridized carbons (Fsp3) is 0.636. The molecule has 2 heterocycles. The number of sulfonamides is 1. The van der Waals surface area contributed by atoms with Crippen LogP contribution in [-0.4, -0.2) is 59.4 Å². The van der Waals surface area contributed by atoms with Crippen molar-refractivity contribution in [2.24, 2.45) is 7.05 Å². The normalized spacial score (nSPS) is 21.1. The van der Waals surface area contributed by atoms with Crippen LogP contribution in [0.1, 0.15) is 11.4 Å². The molecule has 1 N–H and O–H groups in total. The Morgan fingerprint density at radius 2 is 2.10 bits per heavy atom. The van der Waals surface area contributed by atoms with Gasteiger partial charge in [-0.2, -0.15) is 9.40 Å². The summed E-state index contributed by atoms with van der Waals surface area (Å²) in [6, 6.07) is 0. The first-order valence-electron chi connectivity index (χ1n) is 6.10. The second-order valence-electron chi connectivity index (χ2n) is 4.68. The van der Waals surface area contributed by atoms with Crippen molar-refractivity contribution in [2.45, 2.75) is 24.8 Å². The third kappa shape index (κ3) is 2.43. The topological polar surface area (TPSA) is 102 Å². The molecule has 112 valence electrons. The van der Waals surface area contributed by atoms with Crippen LogP contribution in [0.2, 0.25) is 0 Å². The summed E-state index contributed by atoms with van der Waals surface area (Å²) in [6.07, 6.45) is -1.13. The second kappa shape index (κ2) is 5.15. The van der Waals surface area contributed by atoms with Gasteiger partial charge in [0.25, 0.3) is 0 Å². The smallest absolute Gasteiger partial charge is 0.334 e. The molecule has 1 saturated heterocycles. The number of aromatic nitrogens is 2. The van der Waals surface area contributed by atoms with E-state index >= 15 is 0 Å². The van der Waals surface area contributed by atoms with Crippen LogP contribution in [0.4, 0.5) is 0 Å². The number of carboxylic acids is 1. The fourth-order valence-corrected chi connectivity index (χ4v) is 4.07. The zero-order valence-corrected chi connectivity index (χ0v) is 12.3. The van der Waals surface area contributed by atoms with Gasteiger partial charge in [0, 0.05) is 13.6 Å². The van der Waals surface area contributed by atoms with E-state index in [0.717, 1.165) is 4.31 Å². The number of nitrogens with zero attached hydrogens (tertiary/aromatic N) is 3. The first kappa shape index (κ1) is 14.9. The van der Waals surface area contributed by atoms with E-state index in [9.17, 15) is 13.2 Å². The highest BCUT2D eigenvalue weighted by Crippen LogP contribution is 2.24. The van der Waals surface area contributed by atoms with Gasteiger partial charge in [-0.15, -0.1) is 0 Å². The lowest BCUT2D eigenvalue weighted by molar-refractivity contribution is -0.153. The lowest BCUT2D eigenvalue weighted by Crippen LogP contribution is -2.48. The largest absolute Gasteiger partial charge is 0.479 e. The maximum Gasteiger partial charge on any atom is 0.334 e. The number of rotatable bonds is 3. The molecular weight excluding hydrogens is 286 g/mol. The van der Waals surface area contributed by atoms with Crippen LogP contribution in [0.25, 0.3) is 0 Å². The monoisotopic (exact) mass is 303 g/mol. The van der Waals surface area contributed by atoms with Crippen molar-refractivity contribution in [3.05, 3.63) is 11.4 Å². The Hall–Kier alpha value is -1.45. The summed E-state index contributed by atoms with van der Waals surface area (Å²) in [7, 11) is -2.09. The number of carboxylic acid groups (broad SMARTS) is 1. The molecule has 1 fully saturated rings. The van der Waals surface area contributed by atoms with E-state index in [4.69, 9.17) is 9.84 Å². The first-order valence-corrected chi connectivity index (χ1v) is 7.54. The standard InChI is InChI=1S/C11H17N3O5S/c1-7-10(8(2)13(3)12-7)20(17,18)14-4-5-19-9(6-14)11(15)16/h9H,4-6H2,1-3H3,(H,15,16). The van der Waals surface area contributed by atoms with Crippen molar-refractivity contribution in [2.75, 3.05) is 19.7 Å². The zero-order chi connectivity index (χ0) is 15.1. The minimum Gasteiger partial charge on any atom is -0.479 e. The van der Waals surface area contributed by atoms with Crippen LogP contribution in [0.3, 0.4) is 0 Å². The van der Waals surface area contributed by atoms with E-state index in [1.54, 1.807) is 20.9 Å². The highest BCUT2D eigenvalue weighted by molar-refractivity contribution is 7.89. The second-order valence-corrected chi connectivity index (χ2v) is 6.56. The van der Waals surface area contributed by atoms with Gasteiger partial charge in [-0.3, -0.25) is 4.68 Å². The van der Waals surface area contributed by atoms with Gasteiger partial charge in [0.1, 0.15) is 4.90 Å². The molecule has 0 radical (unpaired) electrons. The van der Waals surface area contributed by atoms with Gasteiger partial charge in [-0.1, -0.05) is 0 Å². The highest BCUT2D eigenvalue weighted by Gasteiger charge is 2.36. The van der Waals surface area contributed by atoms with Crippen LogP contribution in [0.15, 0.2) is 4.90 Å². The van der Waals surface area contributed by atoms with Crippen molar-refractivity contribution >= 4 is 16.0 Å². The van der Waals surface area contributed by atoms with Gasteiger partial charge >= 0.3 is 5.97 Å². The summed E-state index contributed by atoms with van der Waals surface area (Å²) in [4.78, 5) is 11.1. The molecule has 0 aliphatic carbocycles. The van der Waals surface area contributed by atoms with Crippen molar-refractivity contribution in [3.63, 3.8) is 0 Å². The highest BCUT2D eigenvalue weighted by atomic mass is 32.2. The number of aryl methyl sites for hydroxylation is 2.